The molecular formula is C22H17N2O5-. The molecule has 6 rings (SSSR count). The zero-order valence-corrected chi connectivity index (χ0v) is 15.4. The quantitative estimate of drug-likeness (QED) is 0.451. The van der Waals surface area contributed by atoms with Gasteiger partial charge in [-0.2, -0.15) is 10.1 Å². The molecule has 0 unspecified atom stereocenters. The standard InChI is InChI=1S/C22H18N2O5/c25-20-18-12-5-6-13(8-7-12)19(18)21(26)24(20)23-11-14-9-10-17(29-14)15-3-1-2-4-16(15)22(27)28/h1-6,9-13,18-19H,7-8H2,(H,27,28)/p-1/b23-11-/t12-,13+,18-,19+. The van der Waals surface area contributed by atoms with Gasteiger partial charge in [0.25, 0.3) is 11.8 Å². The van der Waals surface area contributed by atoms with Crippen molar-refractivity contribution >= 4 is 24.0 Å². The number of carbonyl (C=O) groups is 3. The minimum Gasteiger partial charge on any atom is -0.545 e. The molecule has 1 saturated heterocycles. The van der Waals surface area contributed by atoms with E-state index in [1.54, 1.807) is 30.3 Å². The lowest BCUT2D eigenvalue weighted by Crippen LogP contribution is -2.38. The monoisotopic (exact) mass is 389 g/mol. The first kappa shape index (κ1) is 17.6. The first-order chi connectivity index (χ1) is 14.0. The van der Waals surface area contributed by atoms with Gasteiger partial charge < -0.3 is 14.3 Å². The average molecular weight is 389 g/mol. The Bertz CT molecular complexity index is 1050. The first-order valence-corrected chi connectivity index (χ1v) is 9.55. The largest absolute Gasteiger partial charge is 0.545 e. The maximum Gasteiger partial charge on any atom is 0.254 e. The van der Waals surface area contributed by atoms with Gasteiger partial charge in [-0.3, -0.25) is 9.59 Å². The van der Waals surface area contributed by atoms with Crippen LogP contribution in [0, 0.1) is 23.7 Å². The smallest absolute Gasteiger partial charge is 0.254 e. The summed E-state index contributed by atoms with van der Waals surface area (Å²) in [6, 6.07) is 9.57. The van der Waals surface area contributed by atoms with Crippen molar-refractivity contribution in [3.8, 4) is 11.3 Å². The molecule has 2 aromatic rings. The van der Waals surface area contributed by atoms with Gasteiger partial charge in [-0.25, -0.2) is 0 Å². The Labute approximate surface area is 166 Å². The Morgan fingerprint density at radius 1 is 1.03 bits per heavy atom. The van der Waals surface area contributed by atoms with Crippen LogP contribution in [0.4, 0.5) is 0 Å². The number of nitrogens with zero attached hydrogens (tertiary/aromatic N) is 2. The summed E-state index contributed by atoms with van der Waals surface area (Å²) in [6.45, 7) is 0. The second-order valence-electron chi connectivity index (χ2n) is 7.61. The third-order valence-electron chi connectivity index (χ3n) is 6.08. The minimum absolute atomic E-state index is 0.0160. The van der Waals surface area contributed by atoms with E-state index in [0.29, 0.717) is 17.1 Å². The minimum atomic E-state index is -1.30. The number of imide groups is 1. The van der Waals surface area contributed by atoms with Crippen molar-refractivity contribution in [2.45, 2.75) is 12.8 Å². The molecule has 7 heteroatoms. The summed E-state index contributed by atoms with van der Waals surface area (Å²) in [4.78, 5) is 36.8. The van der Waals surface area contributed by atoms with Crippen molar-refractivity contribution < 1.29 is 23.9 Å². The van der Waals surface area contributed by atoms with Crippen molar-refractivity contribution in [2.24, 2.45) is 28.8 Å². The number of amides is 2. The summed E-state index contributed by atoms with van der Waals surface area (Å²) in [5, 5.41) is 16.4. The van der Waals surface area contributed by atoms with E-state index < -0.39 is 5.97 Å². The Morgan fingerprint density at radius 3 is 2.31 bits per heavy atom. The normalized spacial score (nSPS) is 27.8. The number of hydrogen-bond donors (Lipinski definition) is 0. The number of fused-ring (bicyclic) bond motifs is 1. The molecule has 4 atom stereocenters. The van der Waals surface area contributed by atoms with Gasteiger partial charge in [0.15, 0.2) is 0 Å². The molecule has 0 radical (unpaired) electrons. The van der Waals surface area contributed by atoms with E-state index in [-0.39, 0.29) is 41.0 Å². The molecule has 3 aliphatic carbocycles. The SMILES string of the molecule is O=C([O-])c1ccccc1-c1ccc(/C=N\N2C(=O)[C@@H]3[C@H](C2=O)[C@@H]2C=C[C@H]3CC2)o1. The second-order valence-corrected chi connectivity index (χ2v) is 7.61. The molecule has 2 heterocycles. The lowest BCUT2D eigenvalue weighted by atomic mass is 9.63. The Hall–Kier alpha value is -3.48. The first-order valence-electron chi connectivity index (χ1n) is 9.55. The van der Waals surface area contributed by atoms with Crippen LogP contribution < -0.4 is 5.11 Å². The lowest BCUT2D eigenvalue weighted by molar-refractivity contribution is -0.255. The number of furan rings is 1. The molecule has 1 aromatic heterocycles. The fourth-order valence-electron chi connectivity index (χ4n) is 4.73. The number of hydrogen-bond acceptors (Lipinski definition) is 6. The fraction of sp³-hybridized carbons (Fsp3) is 0.273. The van der Waals surface area contributed by atoms with Crippen LogP contribution in [0.2, 0.25) is 0 Å². The average Bonchev–Trinajstić information content (AvgIpc) is 3.32. The van der Waals surface area contributed by atoms with Crippen LogP contribution in [0.15, 0.2) is 58.1 Å². The number of carboxylic acid groups (broad SMARTS) is 1. The van der Waals surface area contributed by atoms with Crippen LogP contribution in [0.3, 0.4) is 0 Å². The summed E-state index contributed by atoms with van der Waals surface area (Å²) in [5.74, 6) is -1.59. The summed E-state index contributed by atoms with van der Waals surface area (Å²) in [6.07, 6.45) is 7.28. The van der Waals surface area contributed by atoms with E-state index in [1.807, 2.05) is 0 Å². The number of rotatable bonds is 4. The van der Waals surface area contributed by atoms with E-state index in [1.165, 1.54) is 12.3 Å². The molecule has 2 fully saturated rings. The number of carboxylic acids is 1. The Balaban J connectivity index is 1.39. The predicted molar refractivity (Wildman–Crippen MR) is 100 cm³/mol. The van der Waals surface area contributed by atoms with Crippen molar-refractivity contribution in [3.63, 3.8) is 0 Å². The highest BCUT2D eigenvalue weighted by Crippen LogP contribution is 2.49. The third kappa shape index (κ3) is 2.73. The zero-order valence-electron chi connectivity index (χ0n) is 15.4. The molecular weight excluding hydrogens is 372 g/mol. The van der Waals surface area contributed by atoms with Gasteiger partial charge in [-0.15, -0.1) is 0 Å². The molecule has 29 heavy (non-hydrogen) atoms. The number of aromatic carboxylic acids is 1. The van der Waals surface area contributed by atoms with Gasteiger partial charge in [0, 0.05) is 11.1 Å². The van der Waals surface area contributed by atoms with Crippen LogP contribution in [-0.2, 0) is 9.59 Å². The van der Waals surface area contributed by atoms with Gasteiger partial charge in [-0.05, 0) is 36.8 Å². The Kier molecular flexibility index (Phi) is 3.97. The van der Waals surface area contributed by atoms with Crippen molar-refractivity contribution in [1.29, 1.82) is 0 Å². The summed E-state index contributed by atoms with van der Waals surface area (Å²) < 4.78 is 5.66. The zero-order chi connectivity index (χ0) is 20.1. The molecule has 0 N–H and O–H groups in total. The molecule has 2 amide bonds. The maximum absolute atomic E-state index is 12.8. The lowest BCUT2D eigenvalue weighted by Gasteiger charge is -2.37. The molecule has 4 aliphatic rings. The van der Waals surface area contributed by atoms with Crippen molar-refractivity contribution in [3.05, 3.63) is 59.9 Å². The van der Waals surface area contributed by atoms with Crippen molar-refractivity contribution in [1.82, 2.24) is 5.01 Å². The van der Waals surface area contributed by atoms with Crippen LogP contribution in [0.1, 0.15) is 29.0 Å². The molecule has 7 nitrogen and oxygen atoms in total. The molecule has 1 aliphatic heterocycles. The molecule has 1 aromatic carbocycles. The Morgan fingerprint density at radius 2 is 1.69 bits per heavy atom. The highest BCUT2D eigenvalue weighted by molar-refractivity contribution is 6.06. The van der Waals surface area contributed by atoms with Gasteiger partial charge >= 0.3 is 0 Å². The van der Waals surface area contributed by atoms with Crippen molar-refractivity contribution in [2.75, 3.05) is 0 Å². The number of allylic oxidation sites excluding steroid dienone is 2. The highest BCUT2D eigenvalue weighted by Gasteiger charge is 2.56. The van der Waals surface area contributed by atoms with Gasteiger partial charge in [0.1, 0.15) is 11.5 Å². The predicted octanol–water partition coefficient (Wildman–Crippen LogP) is 1.84. The number of hydrazone groups is 1. The fourth-order valence-corrected chi connectivity index (χ4v) is 4.73. The number of benzene rings is 1. The summed E-state index contributed by atoms with van der Waals surface area (Å²) in [7, 11) is 0. The van der Waals surface area contributed by atoms with E-state index in [2.05, 4.69) is 17.3 Å². The molecule has 0 spiro atoms. The van der Waals surface area contributed by atoms with Crippen LogP contribution in [-0.4, -0.2) is 29.0 Å². The summed E-state index contributed by atoms with van der Waals surface area (Å²) in [5.41, 5.74) is 0.399. The van der Waals surface area contributed by atoms with Crippen LogP contribution in [0.5, 0.6) is 0 Å². The topological polar surface area (TPSA) is 103 Å². The van der Waals surface area contributed by atoms with Gasteiger partial charge in [0.2, 0.25) is 0 Å². The molecule has 146 valence electrons. The molecule has 2 bridgehead atoms. The van der Waals surface area contributed by atoms with E-state index in [9.17, 15) is 19.5 Å². The van der Waals surface area contributed by atoms with E-state index in [0.717, 1.165) is 17.9 Å². The van der Waals surface area contributed by atoms with E-state index in [4.69, 9.17) is 4.42 Å². The van der Waals surface area contributed by atoms with Gasteiger partial charge in [-0.1, -0.05) is 36.4 Å². The highest BCUT2D eigenvalue weighted by atomic mass is 16.4. The summed E-state index contributed by atoms with van der Waals surface area (Å²) >= 11 is 0. The van der Waals surface area contributed by atoms with Crippen LogP contribution >= 0.6 is 0 Å². The third-order valence-corrected chi connectivity index (χ3v) is 6.08. The van der Waals surface area contributed by atoms with Gasteiger partial charge in [0.05, 0.1) is 24.0 Å². The second kappa shape index (κ2) is 6.55. The maximum atomic E-state index is 12.8. The molecule has 1 saturated carbocycles. The van der Waals surface area contributed by atoms with E-state index >= 15 is 0 Å². The van der Waals surface area contributed by atoms with Crippen LogP contribution in [0.25, 0.3) is 11.3 Å². The number of carbonyl (C=O) groups excluding carboxylic acids is 3.